The van der Waals surface area contributed by atoms with Crippen molar-refractivity contribution in [3.05, 3.63) is 78.1 Å². The van der Waals surface area contributed by atoms with Crippen molar-refractivity contribution in [3.8, 4) is 16.9 Å². The number of benzene rings is 3. The number of carbonyl (C=O) groups excluding carboxylic acids is 3. The predicted molar refractivity (Wildman–Crippen MR) is 178 cm³/mol. The molecule has 47 heavy (non-hydrogen) atoms. The highest BCUT2D eigenvalue weighted by Crippen LogP contribution is 2.34. The molecule has 0 aliphatic rings. The van der Waals surface area contributed by atoms with E-state index in [1.54, 1.807) is 103 Å². The van der Waals surface area contributed by atoms with Crippen molar-refractivity contribution in [2.75, 3.05) is 18.5 Å². The number of furan rings is 1. The molecule has 0 aliphatic carbocycles. The number of nitrogens with one attached hydrogen (secondary N) is 2. The standard InChI is InChI=1S/C35H40N2O9S/c1-8-43-29(38)20-44-27-10-9-11-28-30(27)22(4)32(45-28)33(39)36-25-16-12-23(13-17-25)24-14-18-26(19-15-24)47(41,42)37-31(21(2)3)34(40)46-35(5,6)7/h9-19,21,31,37H,8,20H2,1-7H3,(H,36,39). The summed E-state index contributed by atoms with van der Waals surface area (Å²) >= 11 is 0. The Hall–Kier alpha value is -4.68. The van der Waals surface area contributed by atoms with Crippen LogP contribution in [0.2, 0.25) is 0 Å². The summed E-state index contributed by atoms with van der Waals surface area (Å²) in [6, 6.07) is 17.4. The summed E-state index contributed by atoms with van der Waals surface area (Å²) in [7, 11) is -4.01. The quantitative estimate of drug-likeness (QED) is 0.168. The molecule has 0 saturated heterocycles. The van der Waals surface area contributed by atoms with Gasteiger partial charge in [0.25, 0.3) is 5.91 Å². The van der Waals surface area contributed by atoms with Gasteiger partial charge in [-0.3, -0.25) is 9.59 Å². The SMILES string of the molecule is CCOC(=O)COc1cccc2oc(C(=O)Nc3ccc(-c4ccc(S(=O)(=O)NC(C(=O)OC(C)(C)C)C(C)C)cc4)cc3)c(C)c12. The second-order valence-corrected chi connectivity index (χ2v) is 13.9. The minimum Gasteiger partial charge on any atom is -0.481 e. The Kier molecular flexibility index (Phi) is 10.8. The smallest absolute Gasteiger partial charge is 0.344 e. The largest absolute Gasteiger partial charge is 0.481 e. The van der Waals surface area contributed by atoms with E-state index in [2.05, 4.69) is 10.0 Å². The van der Waals surface area contributed by atoms with E-state index in [1.807, 2.05) is 0 Å². The average Bonchev–Trinajstić information content (AvgIpc) is 3.35. The molecule has 3 aromatic carbocycles. The third-order valence-corrected chi connectivity index (χ3v) is 8.48. The number of carbonyl (C=O) groups is 3. The number of aryl methyl sites for hydroxylation is 1. The van der Waals surface area contributed by atoms with Crippen molar-refractivity contribution in [3.63, 3.8) is 0 Å². The molecule has 250 valence electrons. The number of amides is 1. The number of fused-ring (bicyclic) bond motifs is 1. The predicted octanol–water partition coefficient (Wildman–Crippen LogP) is 6.25. The third-order valence-electron chi connectivity index (χ3n) is 7.02. The van der Waals surface area contributed by atoms with Crippen LogP contribution in [0.1, 0.15) is 57.7 Å². The molecule has 1 heterocycles. The highest BCUT2D eigenvalue weighted by atomic mass is 32.2. The van der Waals surface area contributed by atoms with Gasteiger partial charge in [-0.1, -0.05) is 44.2 Å². The molecule has 2 N–H and O–H groups in total. The molecular weight excluding hydrogens is 624 g/mol. The van der Waals surface area contributed by atoms with Crippen LogP contribution in [0.3, 0.4) is 0 Å². The fraction of sp³-hybridized carbons (Fsp3) is 0.343. The molecule has 0 bridgehead atoms. The molecule has 0 saturated carbocycles. The highest BCUT2D eigenvalue weighted by Gasteiger charge is 2.32. The van der Waals surface area contributed by atoms with E-state index in [1.165, 1.54) is 12.1 Å². The van der Waals surface area contributed by atoms with Gasteiger partial charge in [-0.15, -0.1) is 0 Å². The van der Waals surface area contributed by atoms with Crippen LogP contribution < -0.4 is 14.8 Å². The van der Waals surface area contributed by atoms with Gasteiger partial charge in [0.1, 0.15) is 23.0 Å². The van der Waals surface area contributed by atoms with E-state index < -0.39 is 39.5 Å². The molecule has 1 amide bonds. The van der Waals surface area contributed by atoms with Gasteiger partial charge in [0, 0.05) is 11.3 Å². The van der Waals surface area contributed by atoms with Gasteiger partial charge >= 0.3 is 11.9 Å². The van der Waals surface area contributed by atoms with Crippen LogP contribution in [0.25, 0.3) is 22.1 Å². The number of hydrogen-bond acceptors (Lipinski definition) is 9. The molecule has 1 aromatic heterocycles. The second-order valence-electron chi connectivity index (χ2n) is 12.2. The van der Waals surface area contributed by atoms with E-state index in [9.17, 15) is 22.8 Å². The number of ether oxygens (including phenoxy) is 3. The Morgan fingerprint density at radius 1 is 0.915 bits per heavy atom. The van der Waals surface area contributed by atoms with Gasteiger partial charge in [0.2, 0.25) is 10.0 Å². The van der Waals surface area contributed by atoms with Crippen molar-refractivity contribution in [2.24, 2.45) is 5.92 Å². The molecule has 4 rings (SSSR count). The number of esters is 2. The summed E-state index contributed by atoms with van der Waals surface area (Å²) in [6.07, 6.45) is 0. The number of hydrogen-bond donors (Lipinski definition) is 2. The summed E-state index contributed by atoms with van der Waals surface area (Å²) in [5.74, 6) is -1.43. The first-order valence-corrected chi connectivity index (χ1v) is 16.7. The molecule has 4 aromatic rings. The van der Waals surface area contributed by atoms with Gasteiger partial charge in [0.15, 0.2) is 12.4 Å². The summed E-state index contributed by atoms with van der Waals surface area (Å²) in [5.41, 5.74) is 2.30. The fourth-order valence-electron chi connectivity index (χ4n) is 4.76. The van der Waals surface area contributed by atoms with Gasteiger partial charge in [0.05, 0.1) is 16.9 Å². The molecule has 0 radical (unpaired) electrons. The van der Waals surface area contributed by atoms with E-state index in [4.69, 9.17) is 18.6 Å². The van der Waals surface area contributed by atoms with Crippen LogP contribution in [-0.2, 0) is 29.1 Å². The Bertz CT molecular complexity index is 1850. The topological polar surface area (TPSA) is 150 Å². The molecule has 0 spiro atoms. The monoisotopic (exact) mass is 664 g/mol. The van der Waals surface area contributed by atoms with E-state index in [-0.39, 0.29) is 29.8 Å². The second kappa shape index (κ2) is 14.4. The van der Waals surface area contributed by atoms with Gasteiger partial charge in [-0.05, 0) is 88.1 Å². The van der Waals surface area contributed by atoms with E-state index in [0.717, 1.165) is 11.1 Å². The summed E-state index contributed by atoms with van der Waals surface area (Å²) in [4.78, 5) is 37.6. The molecule has 1 unspecified atom stereocenters. The van der Waals surface area contributed by atoms with Crippen molar-refractivity contribution in [1.29, 1.82) is 0 Å². The maximum Gasteiger partial charge on any atom is 0.344 e. The maximum absolute atomic E-state index is 13.2. The van der Waals surface area contributed by atoms with Crippen LogP contribution in [0, 0.1) is 12.8 Å². The Labute approximate surface area is 274 Å². The van der Waals surface area contributed by atoms with Crippen molar-refractivity contribution >= 4 is 44.5 Å². The van der Waals surface area contributed by atoms with Crippen molar-refractivity contribution < 1.29 is 41.4 Å². The Morgan fingerprint density at radius 3 is 2.11 bits per heavy atom. The van der Waals surface area contributed by atoms with E-state index in [0.29, 0.717) is 28.0 Å². The summed E-state index contributed by atoms with van der Waals surface area (Å²) < 4.78 is 50.5. The zero-order valence-corrected chi connectivity index (χ0v) is 28.3. The lowest BCUT2D eigenvalue weighted by Gasteiger charge is -2.26. The van der Waals surface area contributed by atoms with Crippen molar-refractivity contribution in [1.82, 2.24) is 4.72 Å². The molecule has 11 nitrogen and oxygen atoms in total. The zero-order valence-electron chi connectivity index (χ0n) is 27.5. The lowest BCUT2D eigenvalue weighted by Crippen LogP contribution is -2.47. The van der Waals surface area contributed by atoms with E-state index >= 15 is 0 Å². The van der Waals surface area contributed by atoms with Gasteiger partial charge in [-0.25, -0.2) is 13.2 Å². The molecule has 0 fully saturated rings. The number of rotatable bonds is 12. The average molecular weight is 665 g/mol. The normalized spacial score (nSPS) is 12.5. The van der Waals surface area contributed by atoms with Crippen LogP contribution >= 0.6 is 0 Å². The third kappa shape index (κ3) is 8.78. The molecule has 0 aliphatic heterocycles. The lowest BCUT2D eigenvalue weighted by atomic mass is 10.1. The van der Waals surface area contributed by atoms with Gasteiger partial charge in [-0.2, -0.15) is 4.72 Å². The fourth-order valence-corrected chi connectivity index (χ4v) is 6.09. The first kappa shape index (κ1) is 35.2. The van der Waals surface area contributed by atoms with Crippen LogP contribution in [0.5, 0.6) is 5.75 Å². The highest BCUT2D eigenvalue weighted by molar-refractivity contribution is 7.89. The van der Waals surface area contributed by atoms with Crippen molar-refractivity contribution in [2.45, 2.75) is 65.0 Å². The minimum absolute atomic E-state index is 0.00926. The number of anilines is 1. The Morgan fingerprint density at radius 2 is 1.53 bits per heavy atom. The number of sulfonamides is 1. The first-order chi connectivity index (χ1) is 22.1. The lowest BCUT2D eigenvalue weighted by molar-refractivity contribution is -0.158. The minimum atomic E-state index is -4.01. The molecular formula is C35H40N2O9S. The molecule has 12 heteroatoms. The first-order valence-electron chi connectivity index (χ1n) is 15.2. The Balaban J connectivity index is 1.45. The van der Waals surface area contributed by atoms with Crippen LogP contribution in [0.15, 0.2) is 76.0 Å². The zero-order chi connectivity index (χ0) is 34.5. The molecule has 1 atom stereocenters. The van der Waals surface area contributed by atoms with Crippen LogP contribution in [0.4, 0.5) is 5.69 Å². The summed E-state index contributed by atoms with van der Waals surface area (Å²) in [5, 5.41) is 3.42. The maximum atomic E-state index is 13.2. The van der Waals surface area contributed by atoms with Gasteiger partial charge < -0.3 is 23.9 Å². The van der Waals surface area contributed by atoms with Crippen LogP contribution in [-0.4, -0.2) is 51.1 Å². The summed E-state index contributed by atoms with van der Waals surface area (Å²) in [6.45, 7) is 12.1.